The van der Waals surface area contributed by atoms with Crippen LogP contribution in [0.1, 0.15) is 23.3 Å². The molecule has 0 spiro atoms. The molecule has 3 heteroatoms. The van der Waals surface area contributed by atoms with Crippen molar-refractivity contribution in [2.75, 3.05) is 0 Å². The highest BCUT2D eigenvalue weighted by Crippen LogP contribution is 2.37. The molecule has 0 aliphatic heterocycles. The molecule has 2 nitrogen and oxygen atoms in total. The third-order valence-corrected chi connectivity index (χ3v) is 9.72. The van der Waals surface area contributed by atoms with Gasteiger partial charge in [0.1, 0.15) is 0 Å². The molecule has 37 heavy (non-hydrogen) atoms. The Bertz CT molecular complexity index is 1920. The minimum Gasteiger partial charge on any atom is -0.355 e. The molecule has 0 fully saturated rings. The van der Waals surface area contributed by atoms with Crippen molar-refractivity contribution in [3.05, 3.63) is 115 Å². The molecule has 0 aliphatic rings. The second-order valence-electron chi connectivity index (χ2n) is 10.3. The molecule has 0 amide bonds. The summed E-state index contributed by atoms with van der Waals surface area (Å²) in [6.07, 6.45) is 0. The van der Waals surface area contributed by atoms with Gasteiger partial charge in [0.2, 0.25) is 0 Å². The monoisotopic (exact) mass is 590 g/mol. The number of fused-ring (bicyclic) bond motifs is 6. The van der Waals surface area contributed by atoms with E-state index in [1.54, 1.807) is 0 Å². The third-order valence-electron chi connectivity index (χ3n) is 7.57. The Hall–Kier alpha value is -3.57. The summed E-state index contributed by atoms with van der Waals surface area (Å²) < 4.78 is 2.92. The molecule has 0 bridgehead atoms. The van der Waals surface area contributed by atoms with E-state index in [9.17, 15) is 0 Å². The first-order chi connectivity index (χ1) is 18.1. The maximum absolute atomic E-state index is 3.55. The highest BCUT2D eigenvalue weighted by Gasteiger charge is 2.15. The number of hydrogen-bond acceptors (Lipinski definition) is 0. The zero-order chi connectivity index (χ0) is 25.1. The number of hydrogen-bond donors (Lipinski definition) is 1. The summed E-state index contributed by atoms with van der Waals surface area (Å²) in [4.78, 5) is 3.55. The lowest BCUT2D eigenvalue weighted by molar-refractivity contribution is 0.651. The molecule has 2 aromatic heterocycles. The number of nitrogens with zero attached hydrogens (tertiary/aromatic N) is 1. The topological polar surface area (TPSA) is 20.7 Å². The maximum atomic E-state index is 3.55. The van der Waals surface area contributed by atoms with Crippen LogP contribution in [0.2, 0.25) is 0 Å². The SMILES string of the molecule is CC(C)C(I)c1ccc(-n2c3ccccc3c3cc(-c4ccc5[nH]c6ccccc6c5c4)ccc32)cc1. The first-order valence-corrected chi connectivity index (χ1v) is 14.1. The fraction of sp³-hybridized carbons (Fsp3) is 0.118. The van der Waals surface area contributed by atoms with Gasteiger partial charge >= 0.3 is 0 Å². The molecular weight excluding hydrogens is 563 g/mol. The van der Waals surface area contributed by atoms with Crippen molar-refractivity contribution in [1.29, 1.82) is 0 Å². The van der Waals surface area contributed by atoms with Gasteiger partial charge in [-0.05, 0) is 71.1 Å². The van der Waals surface area contributed by atoms with Crippen LogP contribution in [0.3, 0.4) is 0 Å². The van der Waals surface area contributed by atoms with Gasteiger partial charge in [-0.1, -0.05) is 97.1 Å². The smallest absolute Gasteiger partial charge is 0.0541 e. The summed E-state index contributed by atoms with van der Waals surface area (Å²) in [7, 11) is 0. The van der Waals surface area contributed by atoms with E-state index in [0.717, 1.165) is 0 Å². The lowest BCUT2D eigenvalue weighted by Crippen LogP contribution is -1.99. The van der Waals surface area contributed by atoms with Crippen molar-refractivity contribution in [1.82, 2.24) is 9.55 Å². The van der Waals surface area contributed by atoms with E-state index in [1.807, 2.05) is 0 Å². The molecule has 0 aliphatic carbocycles. The molecule has 0 saturated carbocycles. The highest BCUT2D eigenvalue weighted by atomic mass is 127. The van der Waals surface area contributed by atoms with Crippen molar-refractivity contribution in [2.45, 2.75) is 17.8 Å². The van der Waals surface area contributed by atoms with Gasteiger partial charge in [-0.25, -0.2) is 0 Å². The molecule has 0 radical (unpaired) electrons. The Morgan fingerprint density at radius 2 is 1.22 bits per heavy atom. The van der Waals surface area contributed by atoms with Crippen LogP contribution in [-0.2, 0) is 0 Å². The fourth-order valence-corrected chi connectivity index (χ4v) is 6.07. The van der Waals surface area contributed by atoms with E-state index in [0.29, 0.717) is 9.84 Å². The van der Waals surface area contributed by atoms with Crippen LogP contribution in [0.5, 0.6) is 0 Å². The standard InChI is InChI=1S/C34H27IN2/c1-21(2)34(35)22-11-15-25(16-12-22)37-32-10-6-4-8-27(32)29-20-24(14-18-33(29)37)23-13-17-31-28(19-23)26-7-3-5-9-30(26)36-31/h3-21,34,36H,1-2H3. The summed E-state index contributed by atoms with van der Waals surface area (Å²) in [5.41, 5.74) is 9.90. The maximum Gasteiger partial charge on any atom is 0.0541 e. The van der Waals surface area contributed by atoms with Crippen LogP contribution < -0.4 is 0 Å². The first-order valence-electron chi connectivity index (χ1n) is 12.9. The number of aromatic amines is 1. The summed E-state index contributed by atoms with van der Waals surface area (Å²) in [6.45, 7) is 4.57. The fourth-order valence-electron chi connectivity index (χ4n) is 5.65. The molecular formula is C34H27IN2. The molecule has 1 unspecified atom stereocenters. The van der Waals surface area contributed by atoms with Crippen LogP contribution in [-0.4, -0.2) is 9.55 Å². The largest absolute Gasteiger partial charge is 0.355 e. The second-order valence-corrected chi connectivity index (χ2v) is 11.6. The van der Waals surface area contributed by atoms with Gasteiger partial charge in [-0.3, -0.25) is 0 Å². The number of aromatic nitrogens is 2. The Balaban J connectivity index is 1.39. The molecule has 1 atom stereocenters. The van der Waals surface area contributed by atoms with Crippen LogP contribution in [0.15, 0.2) is 109 Å². The number of nitrogens with one attached hydrogen (secondary N) is 1. The van der Waals surface area contributed by atoms with Gasteiger partial charge < -0.3 is 9.55 Å². The van der Waals surface area contributed by atoms with Crippen LogP contribution in [0.25, 0.3) is 60.4 Å². The summed E-state index contributed by atoms with van der Waals surface area (Å²) in [6, 6.07) is 40.1. The molecule has 7 aromatic rings. The van der Waals surface area contributed by atoms with E-state index in [1.165, 1.54) is 66.0 Å². The summed E-state index contributed by atoms with van der Waals surface area (Å²) in [5.74, 6) is 0.613. The molecule has 2 heterocycles. The average molecular weight is 591 g/mol. The van der Waals surface area contributed by atoms with Gasteiger partial charge in [0.05, 0.1) is 11.0 Å². The van der Waals surface area contributed by atoms with E-state index in [4.69, 9.17) is 0 Å². The molecule has 1 N–H and O–H groups in total. The van der Waals surface area contributed by atoms with E-state index in [2.05, 4.69) is 155 Å². The highest BCUT2D eigenvalue weighted by molar-refractivity contribution is 14.1. The number of rotatable bonds is 4. The van der Waals surface area contributed by atoms with Gasteiger partial charge in [-0.2, -0.15) is 0 Å². The van der Waals surface area contributed by atoms with E-state index >= 15 is 0 Å². The van der Waals surface area contributed by atoms with Crippen molar-refractivity contribution in [3.63, 3.8) is 0 Å². The Morgan fingerprint density at radius 1 is 0.595 bits per heavy atom. The second kappa shape index (κ2) is 8.77. The summed E-state index contributed by atoms with van der Waals surface area (Å²) in [5, 5.41) is 5.10. The molecule has 180 valence electrons. The van der Waals surface area contributed by atoms with Crippen LogP contribution in [0.4, 0.5) is 0 Å². The number of halogens is 1. The lowest BCUT2D eigenvalue weighted by Gasteiger charge is -2.15. The van der Waals surface area contributed by atoms with Gasteiger partial charge in [-0.15, -0.1) is 0 Å². The molecule has 5 aromatic carbocycles. The Labute approximate surface area is 230 Å². The minimum atomic E-state index is 0.516. The summed E-state index contributed by atoms with van der Waals surface area (Å²) >= 11 is 2.56. The number of alkyl halides is 1. The van der Waals surface area contributed by atoms with Crippen molar-refractivity contribution >= 4 is 66.2 Å². The number of benzene rings is 5. The normalized spacial score (nSPS) is 12.9. The van der Waals surface area contributed by atoms with Crippen LogP contribution >= 0.6 is 22.6 Å². The van der Waals surface area contributed by atoms with E-state index in [-0.39, 0.29) is 0 Å². The van der Waals surface area contributed by atoms with Gasteiger partial charge in [0, 0.05) is 42.2 Å². The van der Waals surface area contributed by atoms with Crippen molar-refractivity contribution in [2.24, 2.45) is 5.92 Å². The Morgan fingerprint density at radius 3 is 2.00 bits per heavy atom. The minimum absolute atomic E-state index is 0.516. The first kappa shape index (κ1) is 22.6. The predicted octanol–water partition coefficient (Wildman–Crippen LogP) is 10.2. The average Bonchev–Trinajstić information content (AvgIpc) is 3.47. The lowest BCUT2D eigenvalue weighted by atomic mass is 10.0. The number of para-hydroxylation sites is 2. The van der Waals surface area contributed by atoms with Crippen molar-refractivity contribution in [3.8, 4) is 16.8 Å². The van der Waals surface area contributed by atoms with E-state index < -0.39 is 0 Å². The van der Waals surface area contributed by atoms with Gasteiger partial charge in [0.25, 0.3) is 0 Å². The quantitative estimate of drug-likeness (QED) is 0.156. The van der Waals surface area contributed by atoms with Gasteiger partial charge in [0.15, 0.2) is 0 Å². The molecule has 7 rings (SSSR count). The van der Waals surface area contributed by atoms with Crippen molar-refractivity contribution < 1.29 is 0 Å². The predicted molar refractivity (Wildman–Crippen MR) is 167 cm³/mol. The Kier molecular flexibility index (Phi) is 5.36. The number of H-pyrrole nitrogens is 1. The zero-order valence-corrected chi connectivity index (χ0v) is 23.0. The zero-order valence-electron chi connectivity index (χ0n) is 20.9. The molecule has 0 saturated heterocycles. The third kappa shape index (κ3) is 3.67. The van der Waals surface area contributed by atoms with Crippen LogP contribution in [0, 0.1) is 5.92 Å².